The second kappa shape index (κ2) is 3.99. The van der Waals surface area contributed by atoms with Crippen molar-refractivity contribution in [2.24, 2.45) is 0 Å². The Morgan fingerprint density at radius 3 is 2.61 bits per heavy atom. The molecule has 4 nitrogen and oxygen atoms in total. The van der Waals surface area contributed by atoms with Crippen molar-refractivity contribution in [3.05, 3.63) is 58.5 Å². The first-order valence-electron chi connectivity index (χ1n) is 5.35. The first kappa shape index (κ1) is 11.0. The van der Waals surface area contributed by atoms with E-state index in [1.54, 1.807) is 30.3 Å². The van der Waals surface area contributed by atoms with Crippen molar-refractivity contribution in [3.8, 4) is 0 Å². The lowest BCUT2D eigenvalue weighted by atomic mass is 10.1. The zero-order chi connectivity index (χ0) is 12.7. The first-order valence-corrected chi connectivity index (χ1v) is 5.73. The average molecular weight is 262 g/mol. The topological polar surface area (TPSA) is 50.5 Å². The van der Waals surface area contributed by atoms with Crippen molar-refractivity contribution in [1.29, 1.82) is 0 Å². The van der Waals surface area contributed by atoms with E-state index in [1.165, 1.54) is 6.26 Å². The number of benzene rings is 1. The molecule has 0 unspecified atom stereocenters. The fourth-order valence-electron chi connectivity index (χ4n) is 1.99. The van der Waals surface area contributed by atoms with Crippen LogP contribution in [0.5, 0.6) is 0 Å². The summed E-state index contributed by atoms with van der Waals surface area (Å²) < 4.78 is 5.14. The van der Waals surface area contributed by atoms with Gasteiger partial charge < -0.3 is 4.42 Å². The highest BCUT2D eigenvalue weighted by molar-refractivity contribution is 6.37. The van der Waals surface area contributed by atoms with Crippen molar-refractivity contribution >= 4 is 23.4 Å². The molecule has 90 valence electrons. The Labute approximate surface area is 108 Å². The maximum atomic E-state index is 12.1. The molecule has 2 amide bonds. The van der Waals surface area contributed by atoms with Crippen molar-refractivity contribution in [2.75, 3.05) is 0 Å². The predicted molar refractivity (Wildman–Crippen MR) is 64.4 cm³/mol. The van der Waals surface area contributed by atoms with Gasteiger partial charge in [-0.25, -0.2) is 0 Å². The van der Waals surface area contributed by atoms with E-state index >= 15 is 0 Å². The summed E-state index contributed by atoms with van der Waals surface area (Å²) in [5.74, 6) is -0.161. The van der Waals surface area contributed by atoms with Crippen LogP contribution in [0.4, 0.5) is 0 Å². The largest absolute Gasteiger partial charge is 0.467 e. The number of furan rings is 1. The van der Waals surface area contributed by atoms with Crippen molar-refractivity contribution in [1.82, 2.24) is 4.90 Å². The third kappa shape index (κ3) is 1.54. The minimum absolute atomic E-state index is 0.121. The molecule has 2 heterocycles. The Balaban J connectivity index is 2.00. The number of halogens is 1. The molecule has 1 aliphatic heterocycles. The number of hydrogen-bond acceptors (Lipinski definition) is 3. The average Bonchev–Trinajstić information content (AvgIpc) is 2.94. The van der Waals surface area contributed by atoms with Crippen LogP contribution < -0.4 is 0 Å². The van der Waals surface area contributed by atoms with Gasteiger partial charge >= 0.3 is 0 Å². The molecular weight excluding hydrogens is 254 g/mol. The number of nitrogens with zero attached hydrogens (tertiary/aromatic N) is 1. The standard InChI is InChI=1S/C13H8ClNO3/c14-10-5-1-4-9-11(10)13(17)15(12(9)16)7-8-3-2-6-18-8/h1-6H,7H2. The molecule has 1 aromatic carbocycles. The van der Waals surface area contributed by atoms with Gasteiger partial charge in [-0.15, -0.1) is 0 Å². The number of amides is 2. The lowest BCUT2D eigenvalue weighted by Crippen LogP contribution is -2.28. The summed E-state index contributed by atoms with van der Waals surface area (Å²) in [4.78, 5) is 25.4. The highest BCUT2D eigenvalue weighted by Crippen LogP contribution is 2.29. The highest BCUT2D eigenvalue weighted by Gasteiger charge is 2.37. The molecule has 1 aromatic heterocycles. The molecule has 0 N–H and O–H groups in total. The molecule has 0 aliphatic carbocycles. The van der Waals surface area contributed by atoms with Gasteiger partial charge in [-0.1, -0.05) is 17.7 Å². The smallest absolute Gasteiger partial charge is 0.263 e. The number of carbonyl (C=O) groups is 2. The van der Waals surface area contributed by atoms with Crippen LogP contribution in [0.25, 0.3) is 0 Å². The molecule has 0 saturated heterocycles. The highest BCUT2D eigenvalue weighted by atomic mass is 35.5. The summed E-state index contributed by atoms with van der Waals surface area (Å²) in [6, 6.07) is 8.28. The minimum Gasteiger partial charge on any atom is -0.467 e. The summed E-state index contributed by atoms with van der Waals surface area (Å²) in [5.41, 5.74) is 0.620. The molecule has 0 atom stereocenters. The Morgan fingerprint density at radius 2 is 1.94 bits per heavy atom. The second-order valence-electron chi connectivity index (χ2n) is 3.94. The van der Waals surface area contributed by atoms with E-state index < -0.39 is 0 Å². The summed E-state index contributed by atoms with van der Waals surface area (Å²) in [5, 5.41) is 0.299. The molecule has 3 rings (SSSR count). The fraction of sp³-hybridized carbons (Fsp3) is 0.0769. The van der Waals surface area contributed by atoms with Crippen molar-refractivity contribution in [3.63, 3.8) is 0 Å². The van der Waals surface area contributed by atoms with Gasteiger partial charge in [0.1, 0.15) is 5.76 Å². The van der Waals surface area contributed by atoms with Crippen LogP contribution in [-0.2, 0) is 6.54 Å². The van der Waals surface area contributed by atoms with E-state index in [4.69, 9.17) is 16.0 Å². The molecule has 5 heteroatoms. The van der Waals surface area contributed by atoms with Crippen LogP contribution in [0.15, 0.2) is 41.0 Å². The van der Waals surface area contributed by atoms with Crippen molar-refractivity contribution < 1.29 is 14.0 Å². The lowest BCUT2D eigenvalue weighted by molar-refractivity contribution is 0.0631. The Hall–Kier alpha value is -2.07. The summed E-state index contributed by atoms with van der Waals surface area (Å²) in [6.07, 6.45) is 1.50. The SMILES string of the molecule is O=C1c2cccc(Cl)c2C(=O)N1Cc1ccco1. The number of rotatable bonds is 2. The van der Waals surface area contributed by atoms with E-state index in [0.717, 1.165) is 4.90 Å². The number of fused-ring (bicyclic) bond motifs is 1. The van der Waals surface area contributed by atoms with Gasteiger partial charge in [0.25, 0.3) is 11.8 Å². The van der Waals surface area contributed by atoms with Gasteiger partial charge in [0, 0.05) is 0 Å². The van der Waals surface area contributed by atoms with E-state index in [9.17, 15) is 9.59 Å². The van der Waals surface area contributed by atoms with Gasteiger partial charge in [0.15, 0.2) is 0 Å². The number of carbonyl (C=O) groups excluding carboxylic acids is 2. The molecule has 0 fully saturated rings. The van der Waals surface area contributed by atoms with Gasteiger partial charge in [0.05, 0.1) is 29.0 Å². The number of hydrogen-bond donors (Lipinski definition) is 0. The van der Waals surface area contributed by atoms with E-state index in [-0.39, 0.29) is 23.9 Å². The van der Waals surface area contributed by atoms with Crippen LogP contribution in [-0.4, -0.2) is 16.7 Å². The zero-order valence-electron chi connectivity index (χ0n) is 9.22. The van der Waals surface area contributed by atoms with E-state index in [1.807, 2.05) is 0 Å². The van der Waals surface area contributed by atoms with Gasteiger partial charge in [-0.2, -0.15) is 0 Å². The van der Waals surface area contributed by atoms with Crippen LogP contribution in [0.2, 0.25) is 5.02 Å². The van der Waals surface area contributed by atoms with Gasteiger partial charge in [0.2, 0.25) is 0 Å². The van der Waals surface area contributed by atoms with Gasteiger partial charge in [-0.3, -0.25) is 14.5 Å². The van der Waals surface area contributed by atoms with Crippen LogP contribution in [0.3, 0.4) is 0 Å². The maximum absolute atomic E-state index is 12.1. The second-order valence-corrected chi connectivity index (χ2v) is 4.35. The predicted octanol–water partition coefficient (Wildman–Crippen LogP) is 2.73. The minimum atomic E-state index is -0.378. The maximum Gasteiger partial charge on any atom is 0.263 e. The zero-order valence-corrected chi connectivity index (χ0v) is 9.98. The number of imide groups is 1. The monoisotopic (exact) mass is 261 g/mol. The van der Waals surface area contributed by atoms with Crippen LogP contribution in [0, 0.1) is 0 Å². The third-order valence-corrected chi connectivity index (χ3v) is 3.16. The van der Waals surface area contributed by atoms with Gasteiger partial charge in [-0.05, 0) is 24.3 Å². The summed E-state index contributed by atoms with van der Waals surface area (Å²) >= 11 is 5.95. The fourth-order valence-corrected chi connectivity index (χ4v) is 2.25. The molecule has 0 spiro atoms. The quantitative estimate of drug-likeness (QED) is 0.781. The Bertz CT molecular complexity index is 634. The Morgan fingerprint density at radius 1 is 1.11 bits per heavy atom. The molecule has 18 heavy (non-hydrogen) atoms. The van der Waals surface area contributed by atoms with Crippen LogP contribution >= 0.6 is 11.6 Å². The third-order valence-electron chi connectivity index (χ3n) is 2.84. The molecule has 1 aliphatic rings. The molecule has 2 aromatic rings. The van der Waals surface area contributed by atoms with Crippen LogP contribution in [0.1, 0.15) is 26.5 Å². The Kier molecular flexibility index (Phi) is 2.45. The molecule has 0 bridgehead atoms. The van der Waals surface area contributed by atoms with E-state index in [2.05, 4.69) is 0 Å². The first-order chi connectivity index (χ1) is 8.68. The molecule has 0 saturated carbocycles. The summed E-state index contributed by atoms with van der Waals surface area (Å²) in [6.45, 7) is 0.121. The lowest BCUT2D eigenvalue weighted by Gasteiger charge is -2.11. The van der Waals surface area contributed by atoms with Crippen molar-refractivity contribution in [2.45, 2.75) is 6.54 Å². The normalized spacial score (nSPS) is 14.2. The van der Waals surface area contributed by atoms with E-state index in [0.29, 0.717) is 16.3 Å². The summed E-state index contributed by atoms with van der Waals surface area (Å²) in [7, 11) is 0. The molecular formula is C13H8ClNO3. The molecule has 0 radical (unpaired) electrons.